The summed E-state index contributed by atoms with van der Waals surface area (Å²) < 4.78 is 0. The summed E-state index contributed by atoms with van der Waals surface area (Å²) in [6.07, 6.45) is 3.67. The summed E-state index contributed by atoms with van der Waals surface area (Å²) in [6, 6.07) is 9.47. The fourth-order valence-corrected chi connectivity index (χ4v) is 3.54. The highest BCUT2D eigenvalue weighted by Crippen LogP contribution is 2.40. The lowest BCUT2D eigenvalue weighted by Crippen LogP contribution is -2.57. The number of nitrogens with zero attached hydrogens (tertiary/aromatic N) is 1. The van der Waals surface area contributed by atoms with E-state index in [1.165, 1.54) is 19.3 Å². The molecule has 1 N–H and O–H groups in total. The first kappa shape index (κ1) is 15.5. The van der Waals surface area contributed by atoms with Crippen molar-refractivity contribution in [1.29, 1.82) is 0 Å². The molecule has 1 aliphatic carbocycles. The van der Waals surface area contributed by atoms with Crippen LogP contribution in [0.15, 0.2) is 24.3 Å². The normalized spacial score (nSPS) is 22.0. The van der Waals surface area contributed by atoms with E-state index in [0.717, 1.165) is 12.5 Å². The van der Waals surface area contributed by atoms with Crippen LogP contribution in [0.1, 0.15) is 50.7 Å². The van der Waals surface area contributed by atoms with Gasteiger partial charge in [0, 0.05) is 11.6 Å². The highest BCUT2D eigenvalue weighted by molar-refractivity contribution is 5.40. The Morgan fingerprint density at radius 2 is 2.00 bits per heavy atom. The van der Waals surface area contributed by atoms with Gasteiger partial charge in [-0.05, 0) is 63.9 Å². The average molecular weight is 274 g/mol. The van der Waals surface area contributed by atoms with Crippen LogP contribution >= 0.6 is 0 Å². The van der Waals surface area contributed by atoms with Gasteiger partial charge in [-0.3, -0.25) is 0 Å². The molecule has 2 rings (SSSR count). The monoisotopic (exact) mass is 274 g/mol. The Balaban J connectivity index is 2.11. The molecule has 2 nitrogen and oxygen atoms in total. The Morgan fingerprint density at radius 3 is 2.55 bits per heavy atom. The summed E-state index contributed by atoms with van der Waals surface area (Å²) in [7, 11) is 4.42. The molecule has 2 heteroatoms. The Bertz CT molecular complexity index is 441. The Kier molecular flexibility index (Phi) is 4.87. The first-order chi connectivity index (χ1) is 9.52. The maximum atomic E-state index is 3.74. The van der Waals surface area contributed by atoms with Crippen molar-refractivity contribution < 1.29 is 0 Å². The molecule has 1 aliphatic rings. The standard InChI is InChI=1S/C18H30N2/c1-6-18(3,20(4)5)17(19-7-2)13-15-12-14-10-8-9-11-16(14)15/h8-11,15,17,19H,6-7,12-13H2,1-5H3. The summed E-state index contributed by atoms with van der Waals surface area (Å²) in [5.74, 6) is 0.737. The summed E-state index contributed by atoms with van der Waals surface area (Å²) in [5, 5.41) is 3.74. The zero-order valence-electron chi connectivity index (χ0n) is 13.7. The molecule has 20 heavy (non-hydrogen) atoms. The molecule has 0 heterocycles. The fraction of sp³-hybridized carbons (Fsp3) is 0.667. The van der Waals surface area contributed by atoms with Crippen LogP contribution in [0, 0.1) is 0 Å². The molecule has 0 aromatic heterocycles. The van der Waals surface area contributed by atoms with E-state index < -0.39 is 0 Å². The molecule has 112 valence electrons. The van der Waals surface area contributed by atoms with Crippen molar-refractivity contribution in [2.75, 3.05) is 20.6 Å². The number of hydrogen-bond donors (Lipinski definition) is 1. The summed E-state index contributed by atoms with van der Waals surface area (Å²) >= 11 is 0. The molecule has 0 spiro atoms. The Labute approximate surface area is 124 Å². The van der Waals surface area contributed by atoms with Gasteiger partial charge in [-0.2, -0.15) is 0 Å². The maximum absolute atomic E-state index is 3.74. The second-order valence-corrected chi connectivity index (χ2v) is 6.55. The summed E-state index contributed by atoms with van der Waals surface area (Å²) in [5.41, 5.74) is 3.35. The molecule has 3 unspecified atom stereocenters. The van der Waals surface area contributed by atoms with Crippen molar-refractivity contribution in [3.8, 4) is 0 Å². The van der Waals surface area contributed by atoms with E-state index in [1.54, 1.807) is 11.1 Å². The van der Waals surface area contributed by atoms with Crippen LogP contribution < -0.4 is 5.32 Å². The predicted molar refractivity (Wildman–Crippen MR) is 87.4 cm³/mol. The van der Waals surface area contributed by atoms with Crippen molar-refractivity contribution in [2.24, 2.45) is 0 Å². The molecule has 0 amide bonds. The van der Waals surface area contributed by atoms with E-state index in [9.17, 15) is 0 Å². The molecule has 0 aliphatic heterocycles. The molecule has 0 saturated heterocycles. The van der Waals surface area contributed by atoms with Gasteiger partial charge in [-0.25, -0.2) is 0 Å². The second-order valence-electron chi connectivity index (χ2n) is 6.55. The number of fused-ring (bicyclic) bond motifs is 1. The predicted octanol–water partition coefficient (Wildman–Crippen LogP) is 3.42. The maximum Gasteiger partial charge on any atom is 0.0325 e. The largest absolute Gasteiger partial charge is 0.312 e. The van der Waals surface area contributed by atoms with Crippen molar-refractivity contribution >= 4 is 0 Å². The van der Waals surface area contributed by atoms with E-state index in [-0.39, 0.29) is 5.54 Å². The zero-order chi connectivity index (χ0) is 14.8. The first-order valence-corrected chi connectivity index (χ1v) is 8.01. The summed E-state index contributed by atoms with van der Waals surface area (Å²) in [4.78, 5) is 2.39. The quantitative estimate of drug-likeness (QED) is 0.819. The van der Waals surface area contributed by atoms with Gasteiger partial charge in [-0.1, -0.05) is 38.1 Å². The minimum Gasteiger partial charge on any atom is -0.312 e. The molecule has 3 atom stereocenters. The van der Waals surface area contributed by atoms with Crippen molar-refractivity contribution in [1.82, 2.24) is 10.2 Å². The van der Waals surface area contributed by atoms with Gasteiger partial charge in [-0.15, -0.1) is 0 Å². The third-order valence-electron chi connectivity index (χ3n) is 5.42. The van der Waals surface area contributed by atoms with Crippen LogP contribution in [0.4, 0.5) is 0 Å². The molecule has 1 aromatic carbocycles. The van der Waals surface area contributed by atoms with Gasteiger partial charge in [0.15, 0.2) is 0 Å². The Morgan fingerprint density at radius 1 is 1.30 bits per heavy atom. The minimum atomic E-state index is 0.223. The molecular weight excluding hydrogens is 244 g/mol. The van der Waals surface area contributed by atoms with Crippen molar-refractivity contribution in [3.63, 3.8) is 0 Å². The molecule has 0 bridgehead atoms. The van der Waals surface area contributed by atoms with Gasteiger partial charge in [0.25, 0.3) is 0 Å². The lowest BCUT2D eigenvalue weighted by atomic mass is 9.71. The van der Waals surface area contributed by atoms with Crippen LogP contribution in [-0.4, -0.2) is 37.1 Å². The first-order valence-electron chi connectivity index (χ1n) is 8.01. The topological polar surface area (TPSA) is 15.3 Å². The van der Waals surface area contributed by atoms with E-state index in [0.29, 0.717) is 6.04 Å². The number of nitrogens with one attached hydrogen (secondary N) is 1. The highest BCUT2D eigenvalue weighted by atomic mass is 15.2. The molecule has 0 radical (unpaired) electrons. The lowest BCUT2D eigenvalue weighted by molar-refractivity contribution is 0.103. The third kappa shape index (κ3) is 2.77. The average Bonchev–Trinajstić information content (AvgIpc) is 2.42. The third-order valence-corrected chi connectivity index (χ3v) is 5.42. The van der Waals surface area contributed by atoms with Crippen LogP contribution in [-0.2, 0) is 6.42 Å². The molecule has 1 aromatic rings. The smallest absolute Gasteiger partial charge is 0.0325 e. The van der Waals surface area contributed by atoms with E-state index in [4.69, 9.17) is 0 Å². The minimum absolute atomic E-state index is 0.223. The van der Waals surface area contributed by atoms with Crippen LogP contribution in [0.3, 0.4) is 0 Å². The van der Waals surface area contributed by atoms with Crippen molar-refractivity contribution in [3.05, 3.63) is 35.4 Å². The van der Waals surface area contributed by atoms with Crippen LogP contribution in [0.2, 0.25) is 0 Å². The van der Waals surface area contributed by atoms with Gasteiger partial charge in [0.05, 0.1) is 0 Å². The van der Waals surface area contributed by atoms with E-state index in [2.05, 4.69) is 69.3 Å². The zero-order valence-corrected chi connectivity index (χ0v) is 13.7. The number of hydrogen-bond acceptors (Lipinski definition) is 2. The molecule has 0 fully saturated rings. The lowest BCUT2D eigenvalue weighted by Gasteiger charge is -2.46. The second kappa shape index (κ2) is 6.28. The van der Waals surface area contributed by atoms with Gasteiger partial charge >= 0.3 is 0 Å². The van der Waals surface area contributed by atoms with E-state index in [1.807, 2.05) is 0 Å². The number of likely N-dealkylation sites (N-methyl/N-ethyl adjacent to an activating group) is 2. The summed E-state index contributed by atoms with van der Waals surface area (Å²) in [6.45, 7) is 7.96. The fourth-order valence-electron chi connectivity index (χ4n) is 3.54. The van der Waals surface area contributed by atoms with Gasteiger partial charge < -0.3 is 10.2 Å². The number of rotatable bonds is 7. The van der Waals surface area contributed by atoms with Gasteiger partial charge in [0.1, 0.15) is 0 Å². The Hall–Kier alpha value is -0.860. The molecular formula is C18H30N2. The van der Waals surface area contributed by atoms with E-state index >= 15 is 0 Å². The van der Waals surface area contributed by atoms with Crippen LogP contribution in [0.5, 0.6) is 0 Å². The van der Waals surface area contributed by atoms with Crippen LogP contribution in [0.25, 0.3) is 0 Å². The number of benzene rings is 1. The van der Waals surface area contributed by atoms with Gasteiger partial charge in [0.2, 0.25) is 0 Å². The highest BCUT2D eigenvalue weighted by Gasteiger charge is 2.38. The van der Waals surface area contributed by atoms with Crippen molar-refractivity contribution in [2.45, 2.75) is 57.5 Å². The SMILES string of the molecule is CCNC(CC1Cc2ccccc21)C(C)(CC)N(C)C. The molecule has 0 saturated carbocycles.